The van der Waals surface area contributed by atoms with Crippen molar-refractivity contribution in [1.82, 2.24) is 14.8 Å². The highest BCUT2D eigenvalue weighted by Crippen LogP contribution is 2.23. The van der Waals surface area contributed by atoms with E-state index in [-0.39, 0.29) is 5.91 Å². The largest absolute Gasteiger partial charge is 0.296 e. The first kappa shape index (κ1) is 13.0. The van der Waals surface area contributed by atoms with E-state index in [0.29, 0.717) is 22.4 Å². The molecule has 2 heterocycles. The molecular weight excluding hydrogens is 272 g/mol. The van der Waals surface area contributed by atoms with Crippen LogP contribution in [0.4, 0.5) is 5.13 Å². The van der Waals surface area contributed by atoms with Crippen LogP contribution in [0.1, 0.15) is 28.0 Å². The summed E-state index contributed by atoms with van der Waals surface area (Å²) in [6.45, 7) is 6.36. The third kappa shape index (κ3) is 2.39. The molecule has 2 aromatic rings. The molecule has 0 fully saturated rings. The fourth-order valence-corrected chi connectivity index (χ4v) is 2.55. The van der Waals surface area contributed by atoms with Gasteiger partial charge in [0.1, 0.15) is 5.69 Å². The summed E-state index contributed by atoms with van der Waals surface area (Å²) in [5, 5.41) is 7.70. The standard InChI is InChI=1S/C11H13ClN4OS/c1-4-16-9(8(12)5-13-16)10(17)15-11-14-6(2)7(3)18-11/h5H,4H2,1-3H3,(H,14,15,17). The van der Waals surface area contributed by atoms with Crippen LogP contribution in [0.3, 0.4) is 0 Å². The Morgan fingerprint density at radius 3 is 2.83 bits per heavy atom. The number of carbonyl (C=O) groups excluding carboxylic acids is 1. The second kappa shape index (κ2) is 5.07. The molecule has 2 aromatic heterocycles. The average Bonchev–Trinajstić information content (AvgIpc) is 2.83. The Morgan fingerprint density at radius 2 is 2.28 bits per heavy atom. The van der Waals surface area contributed by atoms with Crippen molar-refractivity contribution in [2.45, 2.75) is 27.3 Å². The number of hydrogen-bond donors (Lipinski definition) is 1. The molecule has 5 nitrogen and oxygen atoms in total. The summed E-state index contributed by atoms with van der Waals surface area (Å²) in [4.78, 5) is 17.4. The summed E-state index contributed by atoms with van der Waals surface area (Å²) in [5.41, 5.74) is 1.29. The molecule has 0 saturated carbocycles. The topological polar surface area (TPSA) is 59.8 Å². The third-order valence-electron chi connectivity index (χ3n) is 2.56. The first-order valence-corrected chi connectivity index (χ1v) is 6.69. The van der Waals surface area contributed by atoms with Crippen LogP contribution in [0, 0.1) is 13.8 Å². The van der Waals surface area contributed by atoms with Crippen molar-refractivity contribution in [3.8, 4) is 0 Å². The summed E-state index contributed by atoms with van der Waals surface area (Å²) >= 11 is 7.40. The van der Waals surface area contributed by atoms with E-state index in [2.05, 4.69) is 15.4 Å². The number of anilines is 1. The molecule has 18 heavy (non-hydrogen) atoms. The molecule has 0 saturated heterocycles. The zero-order chi connectivity index (χ0) is 13.3. The normalized spacial score (nSPS) is 10.7. The highest BCUT2D eigenvalue weighted by Gasteiger charge is 2.18. The minimum Gasteiger partial charge on any atom is -0.296 e. The van der Waals surface area contributed by atoms with Gasteiger partial charge < -0.3 is 0 Å². The van der Waals surface area contributed by atoms with Gasteiger partial charge in [-0.3, -0.25) is 14.8 Å². The molecule has 0 aromatic carbocycles. The van der Waals surface area contributed by atoms with Gasteiger partial charge in [0.15, 0.2) is 5.13 Å². The Balaban J connectivity index is 2.24. The number of nitrogens with zero attached hydrogens (tertiary/aromatic N) is 3. The second-order valence-corrected chi connectivity index (χ2v) is 5.38. The van der Waals surface area contributed by atoms with Gasteiger partial charge in [-0.2, -0.15) is 5.10 Å². The number of aryl methyl sites for hydroxylation is 3. The number of rotatable bonds is 3. The molecule has 7 heteroatoms. The molecule has 1 N–H and O–H groups in total. The van der Waals surface area contributed by atoms with E-state index < -0.39 is 0 Å². The smallest absolute Gasteiger partial charge is 0.277 e. The zero-order valence-electron chi connectivity index (χ0n) is 10.3. The van der Waals surface area contributed by atoms with E-state index in [1.807, 2.05) is 20.8 Å². The quantitative estimate of drug-likeness (QED) is 0.943. The molecule has 0 radical (unpaired) electrons. The first-order chi connectivity index (χ1) is 8.52. The van der Waals surface area contributed by atoms with Crippen LogP contribution in [0.15, 0.2) is 6.20 Å². The first-order valence-electron chi connectivity index (χ1n) is 5.49. The fourth-order valence-electron chi connectivity index (χ4n) is 1.51. The molecule has 0 spiro atoms. The van der Waals surface area contributed by atoms with Crippen molar-refractivity contribution in [3.63, 3.8) is 0 Å². The lowest BCUT2D eigenvalue weighted by Crippen LogP contribution is -2.17. The van der Waals surface area contributed by atoms with Crippen LogP contribution in [-0.4, -0.2) is 20.7 Å². The van der Waals surface area contributed by atoms with Gasteiger partial charge in [0, 0.05) is 11.4 Å². The van der Waals surface area contributed by atoms with Crippen LogP contribution in [-0.2, 0) is 6.54 Å². The molecule has 0 atom stereocenters. The minimum absolute atomic E-state index is 0.284. The highest BCUT2D eigenvalue weighted by atomic mass is 35.5. The fraction of sp³-hybridized carbons (Fsp3) is 0.364. The van der Waals surface area contributed by atoms with Gasteiger partial charge in [-0.15, -0.1) is 11.3 Å². The minimum atomic E-state index is -0.284. The number of amides is 1. The number of carbonyl (C=O) groups is 1. The van der Waals surface area contributed by atoms with E-state index >= 15 is 0 Å². The molecule has 0 unspecified atom stereocenters. The summed E-state index contributed by atoms with van der Waals surface area (Å²) in [7, 11) is 0. The van der Waals surface area contributed by atoms with E-state index in [0.717, 1.165) is 10.6 Å². The lowest BCUT2D eigenvalue weighted by atomic mass is 10.4. The van der Waals surface area contributed by atoms with Gasteiger partial charge in [0.25, 0.3) is 5.91 Å². The molecule has 0 bridgehead atoms. The van der Waals surface area contributed by atoms with Gasteiger partial charge in [0.2, 0.25) is 0 Å². The van der Waals surface area contributed by atoms with Crippen LogP contribution in [0.2, 0.25) is 5.02 Å². The number of aromatic nitrogens is 3. The van der Waals surface area contributed by atoms with E-state index in [4.69, 9.17) is 11.6 Å². The summed E-state index contributed by atoms with van der Waals surface area (Å²) in [5.74, 6) is -0.284. The van der Waals surface area contributed by atoms with E-state index in [1.54, 1.807) is 4.68 Å². The lowest BCUT2D eigenvalue weighted by Gasteiger charge is -2.04. The molecule has 2 rings (SSSR count). The van der Waals surface area contributed by atoms with Gasteiger partial charge in [0.05, 0.1) is 16.9 Å². The SMILES string of the molecule is CCn1ncc(Cl)c1C(=O)Nc1nc(C)c(C)s1. The summed E-state index contributed by atoms with van der Waals surface area (Å²) < 4.78 is 1.56. The van der Waals surface area contributed by atoms with Crippen LogP contribution < -0.4 is 5.32 Å². The highest BCUT2D eigenvalue weighted by molar-refractivity contribution is 7.15. The molecule has 0 aliphatic carbocycles. The van der Waals surface area contributed by atoms with Crippen molar-refractivity contribution in [2.24, 2.45) is 0 Å². The molecular formula is C11H13ClN4OS. The number of halogens is 1. The molecule has 1 amide bonds. The Hall–Kier alpha value is -1.40. The maximum atomic E-state index is 12.1. The predicted molar refractivity (Wildman–Crippen MR) is 72.5 cm³/mol. The monoisotopic (exact) mass is 284 g/mol. The number of hydrogen-bond acceptors (Lipinski definition) is 4. The number of thiazole rings is 1. The van der Waals surface area contributed by atoms with Crippen LogP contribution >= 0.6 is 22.9 Å². The van der Waals surface area contributed by atoms with Crippen molar-refractivity contribution in [1.29, 1.82) is 0 Å². The third-order valence-corrected chi connectivity index (χ3v) is 3.82. The van der Waals surface area contributed by atoms with Crippen LogP contribution in [0.5, 0.6) is 0 Å². The maximum absolute atomic E-state index is 12.1. The van der Waals surface area contributed by atoms with E-state index in [1.165, 1.54) is 17.5 Å². The van der Waals surface area contributed by atoms with Gasteiger partial charge in [-0.25, -0.2) is 4.98 Å². The molecule has 0 aliphatic heterocycles. The van der Waals surface area contributed by atoms with E-state index in [9.17, 15) is 4.79 Å². The van der Waals surface area contributed by atoms with Crippen molar-refractivity contribution < 1.29 is 4.79 Å². The van der Waals surface area contributed by atoms with Crippen molar-refractivity contribution >= 4 is 34.0 Å². The molecule has 0 aliphatic rings. The van der Waals surface area contributed by atoms with Crippen LogP contribution in [0.25, 0.3) is 0 Å². The molecule has 96 valence electrons. The Morgan fingerprint density at radius 1 is 1.56 bits per heavy atom. The Kier molecular flexibility index (Phi) is 3.68. The summed E-state index contributed by atoms with van der Waals surface area (Å²) in [6, 6.07) is 0. The second-order valence-electron chi connectivity index (χ2n) is 3.77. The Bertz CT molecular complexity index is 570. The van der Waals surface area contributed by atoms with Crippen molar-refractivity contribution in [3.05, 3.63) is 27.5 Å². The Labute approximate surface area is 114 Å². The lowest BCUT2D eigenvalue weighted by molar-refractivity contribution is 0.101. The predicted octanol–water partition coefficient (Wildman–Crippen LogP) is 2.88. The maximum Gasteiger partial charge on any atom is 0.277 e. The van der Waals surface area contributed by atoms with Crippen molar-refractivity contribution in [2.75, 3.05) is 5.32 Å². The van der Waals surface area contributed by atoms with Gasteiger partial charge in [-0.05, 0) is 20.8 Å². The number of nitrogens with one attached hydrogen (secondary N) is 1. The zero-order valence-corrected chi connectivity index (χ0v) is 11.9. The van der Waals surface area contributed by atoms with Gasteiger partial charge in [-0.1, -0.05) is 11.6 Å². The van der Waals surface area contributed by atoms with Gasteiger partial charge >= 0.3 is 0 Å². The summed E-state index contributed by atoms with van der Waals surface area (Å²) in [6.07, 6.45) is 1.47. The average molecular weight is 285 g/mol.